The lowest BCUT2D eigenvalue weighted by Crippen LogP contribution is -1.97. The second kappa shape index (κ2) is 6.25. The molecule has 0 amide bonds. The molecule has 2 aromatic rings. The Morgan fingerprint density at radius 1 is 0.944 bits per heavy atom. The van der Waals surface area contributed by atoms with Crippen molar-refractivity contribution in [3.05, 3.63) is 57.0 Å². The lowest BCUT2D eigenvalue weighted by molar-refractivity contribution is 0.304. The molecule has 0 aromatic heterocycles. The molecule has 0 aliphatic rings. The van der Waals surface area contributed by atoms with Crippen LogP contribution in [0.4, 0.5) is 0 Å². The van der Waals surface area contributed by atoms with Crippen molar-refractivity contribution in [2.24, 2.45) is 0 Å². The van der Waals surface area contributed by atoms with Gasteiger partial charge < -0.3 is 9.47 Å². The molecule has 0 atom stereocenters. The van der Waals surface area contributed by atoms with Crippen molar-refractivity contribution in [3.8, 4) is 11.5 Å². The lowest BCUT2D eigenvalue weighted by atomic mass is 10.2. The molecule has 2 aromatic carbocycles. The highest BCUT2D eigenvalue weighted by atomic mass is 79.9. The van der Waals surface area contributed by atoms with E-state index in [0.29, 0.717) is 6.61 Å². The first-order valence-corrected chi connectivity index (χ1v) is 6.98. The van der Waals surface area contributed by atoms with E-state index in [9.17, 15) is 0 Å². The third-order valence-corrected chi connectivity index (χ3v) is 3.76. The fourth-order valence-corrected chi connectivity index (χ4v) is 2.11. The number of hydrogen-bond donors (Lipinski definition) is 0. The van der Waals surface area contributed by atoms with E-state index < -0.39 is 0 Å². The third kappa shape index (κ3) is 3.50. The first-order valence-electron chi connectivity index (χ1n) is 5.40. The average molecular weight is 372 g/mol. The van der Waals surface area contributed by atoms with Crippen LogP contribution in [0.3, 0.4) is 0 Å². The zero-order chi connectivity index (χ0) is 13.0. The minimum atomic E-state index is 0.499. The number of methoxy groups -OCH3 is 1. The molecule has 0 heterocycles. The fraction of sp³-hybridized carbons (Fsp3) is 0.143. The number of benzene rings is 2. The Morgan fingerprint density at radius 2 is 1.61 bits per heavy atom. The Kier molecular flexibility index (Phi) is 4.66. The first-order chi connectivity index (χ1) is 8.69. The van der Waals surface area contributed by atoms with Crippen LogP contribution in [0.2, 0.25) is 0 Å². The standard InChI is InChI=1S/C14H12Br2O2/c1-17-13-6-7-14(16)10(8-13)9-18-12-4-2-11(15)3-5-12/h2-8H,9H2,1H3. The van der Waals surface area contributed by atoms with Gasteiger partial charge in [0.25, 0.3) is 0 Å². The van der Waals surface area contributed by atoms with Gasteiger partial charge >= 0.3 is 0 Å². The van der Waals surface area contributed by atoms with Gasteiger partial charge in [0.1, 0.15) is 18.1 Å². The van der Waals surface area contributed by atoms with Crippen LogP contribution in [0.25, 0.3) is 0 Å². The molecule has 94 valence electrons. The Hall–Kier alpha value is -1.00. The summed E-state index contributed by atoms with van der Waals surface area (Å²) in [6.07, 6.45) is 0. The van der Waals surface area contributed by atoms with Crippen LogP contribution in [0, 0.1) is 0 Å². The van der Waals surface area contributed by atoms with Gasteiger partial charge in [0.2, 0.25) is 0 Å². The van der Waals surface area contributed by atoms with Gasteiger partial charge in [-0.2, -0.15) is 0 Å². The summed E-state index contributed by atoms with van der Waals surface area (Å²) in [5.41, 5.74) is 1.05. The van der Waals surface area contributed by atoms with Gasteiger partial charge in [-0.1, -0.05) is 31.9 Å². The molecule has 0 unspecified atom stereocenters. The minimum Gasteiger partial charge on any atom is -0.497 e. The lowest BCUT2D eigenvalue weighted by Gasteiger charge is -2.09. The maximum absolute atomic E-state index is 5.72. The molecule has 0 aliphatic carbocycles. The summed E-state index contributed by atoms with van der Waals surface area (Å²) < 4.78 is 13.0. The van der Waals surface area contributed by atoms with Crippen molar-refractivity contribution in [2.75, 3.05) is 7.11 Å². The molecule has 0 fully saturated rings. The normalized spacial score (nSPS) is 10.2. The zero-order valence-electron chi connectivity index (χ0n) is 9.82. The Labute approximate surface area is 123 Å². The maximum Gasteiger partial charge on any atom is 0.119 e. The highest BCUT2D eigenvalue weighted by Crippen LogP contribution is 2.24. The third-order valence-electron chi connectivity index (χ3n) is 2.46. The van der Waals surface area contributed by atoms with Crippen LogP contribution in [-0.2, 0) is 6.61 Å². The van der Waals surface area contributed by atoms with Crippen LogP contribution in [0.15, 0.2) is 51.4 Å². The molecular weight excluding hydrogens is 360 g/mol. The summed E-state index contributed by atoms with van der Waals surface area (Å²) in [6.45, 7) is 0.499. The van der Waals surface area contributed by atoms with Crippen molar-refractivity contribution >= 4 is 31.9 Å². The van der Waals surface area contributed by atoms with Crippen LogP contribution < -0.4 is 9.47 Å². The second-order valence-electron chi connectivity index (χ2n) is 3.70. The number of halogens is 2. The van der Waals surface area contributed by atoms with E-state index in [4.69, 9.17) is 9.47 Å². The van der Waals surface area contributed by atoms with Gasteiger partial charge in [-0.15, -0.1) is 0 Å². The summed E-state index contributed by atoms with van der Waals surface area (Å²) in [5, 5.41) is 0. The van der Waals surface area contributed by atoms with E-state index in [1.165, 1.54) is 0 Å². The summed E-state index contributed by atoms with van der Waals surface area (Å²) in [7, 11) is 1.66. The SMILES string of the molecule is COc1ccc(Br)c(COc2ccc(Br)cc2)c1. The van der Waals surface area contributed by atoms with E-state index in [0.717, 1.165) is 26.0 Å². The van der Waals surface area contributed by atoms with Crippen molar-refractivity contribution in [1.82, 2.24) is 0 Å². The Balaban J connectivity index is 2.07. The van der Waals surface area contributed by atoms with E-state index in [-0.39, 0.29) is 0 Å². The minimum absolute atomic E-state index is 0.499. The maximum atomic E-state index is 5.72. The Morgan fingerprint density at radius 3 is 2.28 bits per heavy atom. The monoisotopic (exact) mass is 370 g/mol. The molecule has 0 N–H and O–H groups in total. The molecule has 0 bridgehead atoms. The Bertz CT molecular complexity index is 524. The number of rotatable bonds is 4. The van der Waals surface area contributed by atoms with Crippen LogP contribution in [0.1, 0.15) is 5.56 Å². The zero-order valence-corrected chi connectivity index (χ0v) is 13.0. The number of hydrogen-bond acceptors (Lipinski definition) is 2. The van der Waals surface area contributed by atoms with Crippen LogP contribution >= 0.6 is 31.9 Å². The van der Waals surface area contributed by atoms with E-state index >= 15 is 0 Å². The van der Waals surface area contributed by atoms with Gasteiger partial charge in [0.05, 0.1) is 7.11 Å². The molecule has 2 rings (SSSR count). The highest BCUT2D eigenvalue weighted by Gasteiger charge is 2.03. The van der Waals surface area contributed by atoms with E-state index in [1.54, 1.807) is 7.11 Å². The van der Waals surface area contributed by atoms with E-state index in [2.05, 4.69) is 31.9 Å². The van der Waals surface area contributed by atoms with Crippen molar-refractivity contribution in [3.63, 3.8) is 0 Å². The fourth-order valence-electron chi connectivity index (χ4n) is 1.48. The van der Waals surface area contributed by atoms with Gasteiger partial charge in [0, 0.05) is 14.5 Å². The van der Waals surface area contributed by atoms with Crippen LogP contribution in [0.5, 0.6) is 11.5 Å². The quantitative estimate of drug-likeness (QED) is 0.768. The summed E-state index contributed by atoms with van der Waals surface area (Å²) >= 11 is 6.89. The molecule has 0 radical (unpaired) electrons. The van der Waals surface area contributed by atoms with Gasteiger partial charge in [-0.3, -0.25) is 0 Å². The summed E-state index contributed by atoms with van der Waals surface area (Å²) in [5.74, 6) is 1.67. The molecule has 18 heavy (non-hydrogen) atoms. The summed E-state index contributed by atoms with van der Waals surface area (Å²) in [4.78, 5) is 0. The molecule has 0 spiro atoms. The van der Waals surface area contributed by atoms with Crippen molar-refractivity contribution < 1.29 is 9.47 Å². The second-order valence-corrected chi connectivity index (χ2v) is 5.47. The molecule has 4 heteroatoms. The molecule has 0 saturated heterocycles. The number of ether oxygens (including phenoxy) is 2. The van der Waals surface area contributed by atoms with Gasteiger partial charge in [-0.25, -0.2) is 0 Å². The highest BCUT2D eigenvalue weighted by molar-refractivity contribution is 9.10. The van der Waals surface area contributed by atoms with Crippen LogP contribution in [-0.4, -0.2) is 7.11 Å². The van der Waals surface area contributed by atoms with Crippen molar-refractivity contribution in [2.45, 2.75) is 6.61 Å². The largest absolute Gasteiger partial charge is 0.497 e. The van der Waals surface area contributed by atoms with E-state index in [1.807, 2.05) is 42.5 Å². The molecule has 2 nitrogen and oxygen atoms in total. The molecule has 0 saturated carbocycles. The summed E-state index contributed by atoms with van der Waals surface area (Å²) in [6, 6.07) is 13.6. The smallest absolute Gasteiger partial charge is 0.119 e. The molecular formula is C14H12Br2O2. The predicted octanol–water partition coefficient (Wildman–Crippen LogP) is 4.80. The van der Waals surface area contributed by atoms with Crippen molar-refractivity contribution in [1.29, 1.82) is 0 Å². The topological polar surface area (TPSA) is 18.5 Å². The molecule has 0 aliphatic heterocycles. The average Bonchev–Trinajstić information content (AvgIpc) is 2.40. The first kappa shape index (κ1) is 13.4. The predicted molar refractivity (Wildman–Crippen MR) is 79.2 cm³/mol. The van der Waals surface area contributed by atoms with Gasteiger partial charge in [-0.05, 0) is 42.5 Å². The van der Waals surface area contributed by atoms with Gasteiger partial charge in [0.15, 0.2) is 0 Å².